The molecule has 3 aromatic rings. The average Bonchev–Trinajstić information content (AvgIpc) is 2.88. The van der Waals surface area contributed by atoms with Gasteiger partial charge in [0.05, 0.1) is 7.11 Å². The van der Waals surface area contributed by atoms with Crippen molar-refractivity contribution in [2.45, 2.75) is 51.3 Å². The number of ether oxygens (including phenoxy) is 2. The molecule has 1 heterocycles. The van der Waals surface area contributed by atoms with Gasteiger partial charge in [0, 0.05) is 30.7 Å². The lowest BCUT2D eigenvalue weighted by Gasteiger charge is -2.34. The molecule has 0 bridgehead atoms. The highest BCUT2D eigenvalue weighted by Gasteiger charge is 2.32. The maximum absolute atomic E-state index is 13.0. The molecule has 1 saturated heterocycles. The van der Waals surface area contributed by atoms with Crippen molar-refractivity contribution in [1.82, 2.24) is 10.2 Å². The van der Waals surface area contributed by atoms with Gasteiger partial charge in [-0.05, 0) is 86.2 Å². The van der Waals surface area contributed by atoms with Gasteiger partial charge in [-0.2, -0.15) is 0 Å². The third-order valence-electron chi connectivity index (χ3n) is 6.65. The van der Waals surface area contributed by atoms with Crippen LogP contribution in [0.25, 0.3) is 0 Å². The van der Waals surface area contributed by atoms with E-state index in [9.17, 15) is 4.79 Å². The predicted octanol–water partition coefficient (Wildman–Crippen LogP) is 5.88. The van der Waals surface area contributed by atoms with Gasteiger partial charge >= 0.3 is 0 Å². The number of benzene rings is 3. The molecule has 0 aromatic heterocycles. The lowest BCUT2D eigenvalue weighted by Crippen LogP contribution is -2.52. The Morgan fingerprint density at radius 2 is 1.42 bits per heavy atom. The van der Waals surface area contributed by atoms with Crippen LogP contribution in [0.15, 0.2) is 72.8 Å². The first-order chi connectivity index (χ1) is 17.3. The quantitative estimate of drug-likeness (QED) is 0.394. The molecule has 190 valence electrons. The fourth-order valence-electron chi connectivity index (χ4n) is 4.44. The molecule has 0 atom stereocenters. The van der Waals surface area contributed by atoms with Gasteiger partial charge in [0.25, 0.3) is 5.91 Å². The van der Waals surface area contributed by atoms with Crippen LogP contribution in [-0.4, -0.2) is 42.6 Å². The first-order valence-electron chi connectivity index (χ1n) is 12.5. The smallest absolute Gasteiger partial charge is 0.263 e. The summed E-state index contributed by atoms with van der Waals surface area (Å²) in [6.07, 6.45) is 2.67. The van der Waals surface area contributed by atoms with Crippen molar-refractivity contribution >= 4 is 17.5 Å². The molecule has 1 N–H and O–H groups in total. The van der Waals surface area contributed by atoms with Crippen LogP contribution in [0.3, 0.4) is 0 Å². The van der Waals surface area contributed by atoms with Crippen LogP contribution in [0, 0.1) is 0 Å². The number of hydrogen-bond acceptors (Lipinski definition) is 4. The molecule has 0 saturated carbocycles. The molecule has 0 aliphatic carbocycles. The Labute approximate surface area is 219 Å². The average molecular weight is 507 g/mol. The summed E-state index contributed by atoms with van der Waals surface area (Å²) < 4.78 is 11.3. The Morgan fingerprint density at radius 3 is 2.00 bits per heavy atom. The van der Waals surface area contributed by atoms with Crippen LogP contribution in [0.4, 0.5) is 0 Å². The highest BCUT2D eigenvalue weighted by atomic mass is 35.5. The largest absolute Gasteiger partial charge is 0.497 e. The molecule has 0 radical (unpaired) electrons. The first kappa shape index (κ1) is 26.1. The molecule has 1 aliphatic rings. The molecule has 0 unspecified atom stereocenters. The second-order valence-corrected chi connectivity index (χ2v) is 10.4. The van der Waals surface area contributed by atoms with Gasteiger partial charge < -0.3 is 14.8 Å². The van der Waals surface area contributed by atoms with E-state index in [0.717, 1.165) is 49.7 Å². The van der Waals surface area contributed by atoms with E-state index in [0.29, 0.717) is 5.75 Å². The molecule has 4 rings (SSSR count). The zero-order chi connectivity index (χ0) is 25.5. The van der Waals surface area contributed by atoms with Crippen LogP contribution in [0.1, 0.15) is 43.4 Å². The zero-order valence-electron chi connectivity index (χ0n) is 21.3. The predicted molar refractivity (Wildman–Crippen MR) is 145 cm³/mol. The van der Waals surface area contributed by atoms with Crippen LogP contribution in [-0.2, 0) is 17.8 Å². The third-order valence-corrected chi connectivity index (χ3v) is 6.90. The number of likely N-dealkylation sites (tertiary alicyclic amines) is 1. The summed E-state index contributed by atoms with van der Waals surface area (Å²) in [6, 6.07) is 24.2. The molecular weight excluding hydrogens is 472 g/mol. The normalized spacial score (nSPS) is 14.9. The van der Waals surface area contributed by atoms with E-state index in [1.807, 2.05) is 74.5 Å². The lowest BCUT2D eigenvalue weighted by atomic mass is 10.0. The summed E-state index contributed by atoms with van der Waals surface area (Å²) in [5, 5.41) is 3.95. The summed E-state index contributed by atoms with van der Waals surface area (Å²) in [5.74, 6) is 1.48. The second-order valence-electron chi connectivity index (χ2n) is 9.93. The molecule has 5 nitrogen and oxygen atoms in total. The van der Waals surface area contributed by atoms with Gasteiger partial charge in [0.2, 0.25) is 0 Å². The van der Waals surface area contributed by atoms with Gasteiger partial charge in [-0.1, -0.05) is 48.0 Å². The molecule has 3 aromatic carbocycles. The topological polar surface area (TPSA) is 50.8 Å². The first-order valence-corrected chi connectivity index (χ1v) is 12.9. The van der Waals surface area contributed by atoms with E-state index in [-0.39, 0.29) is 11.9 Å². The molecule has 0 spiro atoms. The monoisotopic (exact) mass is 506 g/mol. The molecule has 1 amide bonds. The van der Waals surface area contributed by atoms with Crippen molar-refractivity contribution < 1.29 is 14.3 Å². The highest BCUT2D eigenvalue weighted by molar-refractivity contribution is 6.30. The molecule has 1 fully saturated rings. The van der Waals surface area contributed by atoms with Crippen molar-refractivity contribution in [3.8, 4) is 11.5 Å². The van der Waals surface area contributed by atoms with E-state index in [2.05, 4.69) is 22.3 Å². The zero-order valence-corrected chi connectivity index (χ0v) is 22.1. The second kappa shape index (κ2) is 11.8. The van der Waals surface area contributed by atoms with Crippen molar-refractivity contribution in [2.24, 2.45) is 0 Å². The van der Waals surface area contributed by atoms with Gasteiger partial charge in [-0.3, -0.25) is 9.69 Å². The Hall–Kier alpha value is -3.02. The number of nitrogens with zero attached hydrogens (tertiary/aromatic N) is 1. The Morgan fingerprint density at radius 1 is 0.889 bits per heavy atom. The van der Waals surface area contributed by atoms with Crippen LogP contribution in [0.5, 0.6) is 11.5 Å². The third kappa shape index (κ3) is 7.25. The Kier molecular flexibility index (Phi) is 8.55. The minimum absolute atomic E-state index is 0.0821. The number of amides is 1. The Balaban J connectivity index is 1.23. The number of piperidine rings is 1. The van der Waals surface area contributed by atoms with E-state index in [4.69, 9.17) is 21.1 Å². The van der Waals surface area contributed by atoms with E-state index in [1.165, 1.54) is 16.7 Å². The minimum Gasteiger partial charge on any atom is -0.497 e. The number of methoxy groups -OCH3 is 1. The summed E-state index contributed by atoms with van der Waals surface area (Å²) in [4.78, 5) is 15.5. The fourth-order valence-corrected chi connectivity index (χ4v) is 4.56. The standard InChI is InChI=1S/C30H35ClN2O3/c1-30(2,36-28-14-6-23(7-15-28)20-22-4-10-25(31)11-5-22)29(34)32-26-16-18-33(19-17-26)21-24-8-12-27(35-3)13-9-24/h4-15,26H,16-21H2,1-3H3,(H,32,34). The van der Waals surface area contributed by atoms with E-state index < -0.39 is 5.60 Å². The summed E-state index contributed by atoms with van der Waals surface area (Å²) in [5.41, 5.74) is 2.68. The summed E-state index contributed by atoms with van der Waals surface area (Å²) >= 11 is 5.97. The maximum atomic E-state index is 13.0. The van der Waals surface area contributed by atoms with Crippen molar-refractivity contribution in [2.75, 3.05) is 20.2 Å². The minimum atomic E-state index is -0.960. The van der Waals surface area contributed by atoms with Gasteiger partial charge in [-0.25, -0.2) is 0 Å². The lowest BCUT2D eigenvalue weighted by molar-refractivity contribution is -0.135. The van der Waals surface area contributed by atoms with E-state index in [1.54, 1.807) is 7.11 Å². The number of nitrogens with one attached hydrogen (secondary N) is 1. The van der Waals surface area contributed by atoms with E-state index >= 15 is 0 Å². The number of carbonyl (C=O) groups is 1. The number of carbonyl (C=O) groups excluding carboxylic acids is 1. The highest BCUT2D eigenvalue weighted by Crippen LogP contribution is 2.22. The van der Waals surface area contributed by atoms with Gasteiger partial charge in [-0.15, -0.1) is 0 Å². The van der Waals surface area contributed by atoms with Gasteiger partial charge in [0.1, 0.15) is 11.5 Å². The van der Waals surface area contributed by atoms with Crippen LogP contribution >= 0.6 is 11.6 Å². The van der Waals surface area contributed by atoms with Crippen molar-refractivity contribution in [1.29, 1.82) is 0 Å². The summed E-state index contributed by atoms with van der Waals surface area (Å²) in [6.45, 7) is 6.46. The molecule has 1 aliphatic heterocycles. The van der Waals surface area contributed by atoms with Crippen LogP contribution in [0.2, 0.25) is 5.02 Å². The summed E-state index contributed by atoms with van der Waals surface area (Å²) in [7, 11) is 1.68. The molecule has 6 heteroatoms. The SMILES string of the molecule is COc1ccc(CN2CCC(NC(=O)C(C)(C)Oc3ccc(Cc4ccc(Cl)cc4)cc3)CC2)cc1. The Bertz CT molecular complexity index is 1120. The van der Waals surface area contributed by atoms with Gasteiger partial charge in [0.15, 0.2) is 5.60 Å². The number of hydrogen-bond donors (Lipinski definition) is 1. The number of halogens is 1. The number of rotatable bonds is 9. The maximum Gasteiger partial charge on any atom is 0.263 e. The molecule has 36 heavy (non-hydrogen) atoms. The van der Waals surface area contributed by atoms with Crippen LogP contribution < -0.4 is 14.8 Å². The molecular formula is C30H35ClN2O3. The fraction of sp³-hybridized carbons (Fsp3) is 0.367. The van der Waals surface area contributed by atoms with Crippen molar-refractivity contribution in [3.05, 3.63) is 94.5 Å². The van der Waals surface area contributed by atoms with Crippen molar-refractivity contribution in [3.63, 3.8) is 0 Å².